The molecule has 0 saturated carbocycles. The molecule has 19 heavy (non-hydrogen) atoms. The molecule has 1 aromatic rings. The van der Waals surface area contributed by atoms with Gasteiger partial charge in [0.1, 0.15) is 12.4 Å². The van der Waals surface area contributed by atoms with E-state index in [9.17, 15) is 9.18 Å². The van der Waals surface area contributed by atoms with E-state index in [0.717, 1.165) is 31.5 Å². The fraction of sp³-hybridized carbons (Fsp3) is 0.500. The third kappa shape index (κ3) is 2.30. The highest BCUT2D eigenvalue weighted by molar-refractivity contribution is 5.71. The number of halogens is 1. The van der Waals surface area contributed by atoms with Crippen LogP contribution in [0.25, 0.3) is 0 Å². The van der Waals surface area contributed by atoms with Crippen molar-refractivity contribution >= 4 is 6.09 Å². The Kier molecular flexibility index (Phi) is 3.14. The molecular weight excluding hydrogens is 247 g/mol. The standard InChI is InChI=1S/C14H17FN2O2/c15-12-3-1-11(2-4-12)9-17-13(18)19-10-14(17)5-7-16-8-6-14/h1-4,16H,5-10H2. The van der Waals surface area contributed by atoms with Crippen molar-refractivity contribution in [3.8, 4) is 0 Å². The Balaban J connectivity index is 1.80. The van der Waals surface area contributed by atoms with Crippen molar-refractivity contribution in [1.82, 2.24) is 10.2 Å². The number of piperidine rings is 1. The van der Waals surface area contributed by atoms with Crippen LogP contribution in [0.1, 0.15) is 18.4 Å². The number of rotatable bonds is 2. The van der Waals surface area contributed by atoms with Crippen molar-refractivity contribution in [2.24, 2.45) is 0 Å². The molecule has 102 valence electrons. The summed E-state index contributed by atoms with van der Waals surface area (Å²) >= 11 is 0. The molecule has 0 unspecified atom stereocenters. The summed E-state index contributed by atoms with van der Waals surface area (Å²) < 4.78 is 18.2. The number of ether oxygens (including phenoxy) is 1. The number of nitrogens with zero attached hydrogens (tertiary/aromatic N) is 1. The quantitative estimate of drug-likeness (QED) is 0.887. The van der Waals surface area contributed by atoms with Crippen molar-refractivity contribution in [2.45, 2.75) is 24.9 Å². The summed E-state index contributed by atoms with van der Waals surface area (Å²) in [7, 11) is 0. The molecule has 4 nitrogen and oxygen atoms in total. The van der Waals surface area contributed by atoms with E-state index in [0.29, 0.717) is 13.2 Å². The molecule has 3 rings (SSSR count). The minimum atomic E-state index is -0.260. The second-order valence-corrected chi connectivity index (χ2v) is 5.24. The van der Waals surface area contributed by atoms with Gasteiger partial charge in [0.25, 0.3) is 0 Å². The zero-order valence-electron chi connectivity index (χ0n) is 10.7. The maximum atomic E-state index is 12.9. The Bertz CT molecular complexity index is 469. The Morgan fingerprint density at radius 1 is 1.26 bits per heavy atom. The predicted octanol–water partition coefficient (Wildman–Crippen LogP) is 1.90. The van der Waals surface area contributed by atoms with E-state index in [1.54, 1.807) is 17.0 Å². The van der Waals surface area contributed by atoms with Crippen LogP contribution in [0.4, 0.5) is 9.18 Å². The van der Waals surface area contributed by atoms with Crippen molar-refractivity contribution in [1.29, 1.82) is 0 Å². The normalized spacial score (nSPS) is 21.7. The maximum absolute atomic E-state index is 12.9. The SMILES string of the molecule is O=C1OCC2(CCNCC2)N1Cc1ccc(F)cc1. The summed E-state index contributed by atoms with van der Waals surface area (Å²) in [6, 6.07) is 6.28. The van der Waals surface area contributed by atoms with Gasteiger partial charge in [0.15, 0.2) is 0 Å². The third-order valence-electron chi connectivity index (χ3n) is 4.05. The second kappa shape index (κ2) is 4.81. The number of benzene rings is 1. The van der Waals surface area contributed by atoms with Crippen LogP contribution in [-0.4, -0.2) is 36.2 Å². The first-order chi connectivity index (χ1) is 9.20. The van der Waals surface area contributed by atoms with E-state index in [-0.39, 0.29) is 17.4 Å². The van der Waals surface area contributed by atoms with E-state index in [4.69, 9.17) is 4.74 Å². The molecule has 0 radical (unpaired) electrons. The lowest BCUT2D eigenvalue weighted by Crippen LogP contribution is -2.53. The van der Waals surface area contributed by atoms with Crippen molar-refractivity contribution < 1.29 is 13.9 Å². The molecule has 0 bridgehead atoms. The number of carbonyl (C=O) groups is 1. The molecule has 0 aromatic heterocycles. The molecule has 1 N–H and O–H groups in total. The highest BCUT2D eigenvalue weighted by Gasteiger charge is 2.47. The van der Waals surface area contributed by atoms with Crippen LogP contribution < -0.4 is 5.32 Å². The van der Waals surface area contributed by atoms with Gasteiger partial charge in [-0.3, -0.25) is 4.90 Å². The fourth-order valence-corrected chi connectivity index (χ4v) is 2.86. The van der Waals surface area contributed by atoms with Crippen LogP contribution in [0.5, 0.6) is 0 Å². The van der Waals surface area contributed by atoms with Crippen LogP contribution in [0.3, 0.4) is 0 Å². The van der Waals surface area contributed by atoms with Gasteiger partial charge in [0.2, 0.25) is 0 Å². The number of carbonyl (C=O) groups excluding carboxylic acids is 1. The van der Waals surface area contributed by atoms with Gasteiger partial charge in [0.05, 0.1) is 5.54 Å². The summed E-state index contributed by atoms with van der Waals surface area (Å²) in [5.41, 5.74) is 0.745. The summed E-state index contributed by atoms with van der Waals surface area (Å²) in [5.74, 6) is -0.260. The van der Waals surface area contributed by atoms with Crippen LogP contribution in [0, 0.1) is 5.82 Å². The highest BCUT2D eigenvalue weighted by Crippen LogP contribution is 2.33. The first kappa shape index (κ1) is 12.4. The molecule has 1 spiro atoms. The minimum Gasteiger partial charge on any atom is -0.447 e. The van der Waals surface area contributed by atoms with Crippen LogP contribution in [-0.2, 0) is 11.3 Å². The highest BCUT2D eigenvalue weighted by atomic mass is 19.1. The van der Waals surface area contributed by atoms with Crippen molar-refractivity contribution in [2.75, 3.05) is 19.7 Å². The molecular formula is C14H17FN2O2. The second-order valence-electron chi connectivity index (χ2n) is 5.24. The average Bonchev–Trinajstić information content (AvgIpc) is 2.72. The van der Waals surface area contributed by atoms with Gasteiger partial charge >= 0.3 is 6.09 Å². The summed E-state index contributed by atoms with van der Waals surface area (Å²) in [4.78, 5) is 13.7. The number of amides is 1. The summed E-state index contributed by atoms with van der Waals surface area (Å²) in [6.07, 6.45) is 1.55. The van der Waals surface area contributed by atoms with Crippen LogP contribution >= 0.6 is 0 Å². The first-order valence-electron chi connectivity index (χ1n) is 6.59. The molecule has 0 atom stereocenters. The lowest BCUT2D eigenvalue weighted by Gasteiger charge is -2.38. The van der Waals surface area contributed by atoms with Crippen molar-refractivity contribution in [3.05, 3.63) is 35.6 Å². The first-order valence-corrected chi connectivity index (χ1v) is 6.59. The van der Waals surface area contributed by atoms with E-state index >= 15 is 0 Å². The molecule has 2 aliphatic rings. The lowest BCUT2D eigenvalue weighted by atomic mass is 9.88. The average molecular weight is 264 g/mol. The van der Waals surface area contributed by atoms with Gasteiger partial charge in [-0.2, -0.15) is 0 Å². The van der Waals surface area contributed by atoms with E-state index in [1.165, 1.54) is 12.1 Å². The Hall–Kier alpha value is -1.62. The van der Waals surface area contributed by atoms with Gasteiger partial charge in [-0.1, -0.05) is 12.1 Å². The molecule has 1 amide bonds. The number of hydrogen-bond acceptors (Lipinski definition) is 3. The van der Waals surface area contributed by atoms with E-state index in [1.807, 2.05) is 0 Å². The number of hydrogen-bond donors (Lipinski definition) is 1. The Morgan fingerprint density at radius 3 is 2.63 bits per heavy atom. The van der Waals surface area contributed by atoms with Gasteiger partial charge in [-0.25, -0.2) is 9.18 Å². The molecule has 5 heteroatoms. The zero-order chi connectivity index (χ0) is 13.3. The van der Waals surface area contributed by atoms with Gasteiger partial charge in [-0.15, -0.1) is 0 Å². The number of nitrogens with one attached hydrogen (secondary N) is 1. The topological polar surface area (TPSA) is 41.6 Å². The lowest BCUT2D eigenvalue weighted by molar-refractivity contribution is 0.119. The smallest absolute Gasteiger partial charge is 0.410 e. The van der Waals surface area contributed by atoms with Gasteiger partial charge in [0, 0.05) is 6.54 Å². The Labute approximate surface area is 111 Å². The van der Waals surface area contributed by atoms with Crippen molar-refractivity contribution in [3.63, 3.8) is 0 Å². The van der Waals surface area contributed by atoms with Crippen LogP contribution in [0.2, 0.25) is 0 Å². The molecule has 2 heterocycles. The third-order valence-corrected chi connectivity index (χ3v) is 4.05. The molecule has 1 aromatic carbocycles. The van der Waals surface area contributed by atoms with E-state index in [2.05, 4.69) is 5.32 Å². The zero-order valence-corrected chi connectivity index (χ0v) is 10.7. The van der Waals surface area contributed by atoms with Gasteiger partial charge < -0.3 is 10.1 Å². The molecule has 2 aliphatic heterocycles. The predicted molar refractivity (Wildman–Crippen MR) is 68.1 cm³/mol. The molecule has 0 aliphatic carbocycles. The molecule has 2 saturated heterocycles. The van der Waals surface area contributed by atoms with E-state index < -0.39 is 0 Å². The van der Waals surface area contributed by atoms with Crippen LogP contribution in [0.15, 0.2) is 24.3 Å². The largest absolute Gasteiger partial charge is 0.447 e. The Morgan fingerprint density at radius 2 is 1.95 bits per heavy atom. The summed E-state index contributed by atoms with van der Waals surface area (Å²) in [5, 5.41) is 3.30. The summed E-state index contributed by atoms with van der Waals surface area (Å²) in [6.45, 7) is 2.75. The fourth-order valence-electron chi connectivity index (χ4n) is 2.86. The number of cyclic esters (lactones) is 1. The maximum Gasteiger partial charge on any atom is 0.410 e. The van der Waals surface area contributed by atoms with Gasteiger partial charge in [-0.05, 0) is 43.6 Å². The monoisotopic (exact) mass is 264 g/mol. The minimum absolute atomic E-state index is 0.184. The molecule has 2 fully saturated rings.